The Hall–Kier alpha value is -2.14. The maximum absolute atomic E-state index is 12.4. The lowest BCUT2D eigenvalue weighted by Gasteiger charge is -2.35. The zero-order valence-corrected chi connectivity index (χ0v) is 13.8. The van der Waals surface area contributed by atoms with E-state index in [1.807, 2.05) is 41.3 Å². The van der Waals surface area contributed by atoms with Crippen LogP contribution in [-0.2, 0) is 11.3 Å². The lowest BCUT2D eigenvalue weighted by molar-refractivity contribution is -0.132. The molecule has 2 aromatic rings. The molecule has 1 heterocycles. The molecule has 1 fully saturated rings. The molecular formula is C18H19NO3S. The van der Waals surface area contributed by atoms with Crippen LogP contribution in [0.2, 0.25) is 0 Å². The summed E-state index contributed by atoms with van der Waals surface area (Å²) in [6.45, 7) is 0.550. The van der Waals surface area contributed by atoms with E-state index in [4.69, 9.17) is 4.74 Å². The number of phenols is 1. The number of rotatable bonds is 4. The van der Waals surface area contributed by atoms with Crippen LogP contribution in [0, 0.1) is 0 Å². The van der Waals surface area contributed by atoms with Gasteiger partial charge < -0.3 is 14.7 Å². The fourth-order valence-electron chi connectivity index (χ4n) is 2.68. The number of nitrogens with zero attached hydrogens (tertiary/aromatic N) is 1. The Labute approximate surface area is 140 Å². The van der Waals surface area contributed by atoms with Gasteiger partial charge in [0, 0.05) is 18.7 Å². The first-order valence-electron chi connectivity index (χ1n) is 7.50. The van der Waals surface area contributed by atoms with Gasteiger partial charge in [-0.3, -0.25) is 4.79 Å². The second-order valence-electron chi connectivity index (χ2n) is 5.44. The largest absolute Gasteiger partial charge is 0.508 e. The minimum Gasteiger partial charge on any atom is -0.508 e. The zero-order chi connectivity index (χ0) is 16.2. The molecule has 23 heavy (non-hydrogen) atoms. The second kappa shape index (κ2) is 6.96. The van der Waals surface area contributed by atoms with Crippen molar-refractivity contribution in [3.63, 3.8) is 0 Å². The molecule has 1 aliphatic heterocycles. The molecule has 120 valence electrons. The van der Waals surface area contributed by atoms with Crippen molar-refractivity contribution >= 4 is 17.7 Å². The van der Waals surface area contributed by atoms with Crippen molar-refractivity contribution in [1.82, 2.24) is 4.90 Å². The molecule has 0 radical (unpaired) electrons. The maximum atomic E-state index is 12.4. The summed E-state index contributed by atoms with van der Waals surface area (Å²) in [5.74, 6) is 2.00. The van der Waals surface area contributed by atoms with E-state index in [2.05, 4.69) is 0 Å². The molecule has 1 N–H and O–H groups in total. The quantitative estimate of drug-likeness (QED) is 0.932. The number of carbonyl (C=O) groups excluding carboxylic acids is 1. The van der Waals surface area contributed by atoms with Gasteiger partial charge in [-0.25, -0.2) is 0 Å². The van der Waals surface area contributed by atoms with Crippen LogP contribution in [0.5, 0.6) is 11.5 Å². The van der Waals surface area contributed by atoms with Crippen LogP contribution in [0.1, 0.15) is 22.9 Å². The minimum atomic E-state index is -0.0250. The van der Waals surface area contributed by atoms with E-state index < -0.39 is 0 Å². The lowest BCUT2D eigenvalue weighted by atomic mass is 10.1. The maximum Gasteiger partial charge on any atom is 0.224 e. The van der Waals surface area contributed by atoms with Crippen molar-refractivity contribution in [2.75, 3.05) is 12.9 Å². The van der Waals surface area contributed by atoms with E-state index in [1.54, 1.807) is 31.0 Å². The predicted molar refractivity (Wildman–Crippen MR) is 91.5 cm³/mol. The van der Waals surface area contributed by atoms with Crippen LogP contribution in [-0.4, -0.2) is 28.8 Å². The number of ether oxygens (including phenoxy) is 1. The Morgan fingerprint density at radius 2 is 2.04 bits per heavy atom. The SMILES string of the molecule is COc1cccc(CN2C(=O)CCSC2c2ccc(O)cc2)c1. The van der Waals surface area contributed by atoms with Gasteiger partial charge in [0.25, 0.3) is 0 Å². The number of carbonyl (C=O) groups is 1. The molecule has 4 nitrogen and oxygen atoms in total. The number of methoxy groups -OCH3 is 1. The van der Waals surface area contributed by atoms with E-state index in [-0.39, 0.29) is 17.0 Å². The molecule has 0 aliphatic carbocycles. The van der Waals surface area contributed by atoms with E-state index in [0.29, 0.717) is 13.0 Å². The van der Waals surface area contributed by atoms with Gasteiger partial charge in [-0.15, -0.1) is 11.8 Å². The monoisotopic (exact) mass is 329 g/mol. The summed E-state index contributed by atoms with van der Waals surface area (Å²) < 4.78 is 5.26. The third kappa shape index (κ3) is 3.62. The number of thioether (sulfide) groups is 1. The number of amides is 1. The third-order valence-corrected chi connectivity index (χ3v) is 5.14. The van der Waals surface area contributed by atoms with Crippen LogP contribution in [0.25, 0.3) is 0 Å². The van der Waals surface area contributed by atoms with Gasteiger partial charge in [-0.1, -0.05) is 24.3 Å². The highest BCUT2D eigenvalue weighted by Gasteiger charge is 2.29. The van der Waals surface area contributed by atoms with Crippen LogP contribution >= 0.6 is 11.8 Å². The Morgan fingerprint density at radius 1 is 1.26 bits per heavy atom. The highest BCUT2D eigenvalue weighted by Crippen LogP contribution is 2.38. The van der Waals surface area contributed by atoms with Gasteiger partial charge in [0.15, 0.2) is 0 Å². The Balaban J connectivity index is 1.85. The summed E-state index contributed by atoms with van der Waals surface area (Å²) in [5, 5.41) is 9.44. The van der Waals surface area contributed by atoms with Crippen LogP contribution in [0.15, 0.2) is 48.5 Å². The fraction of sp³-hybridized carbons (Fsp3) is 0.278. The minimum absolute atomic E-state index is 0.0250. The summed E-state index contributed by atoms with van der Waals surface area (Å²) in [7, 11) is 1.64. The highest BCUT2D eigenvalue weighted by molar-refractivity contribution is 7.99. The zero-order valence-electron chi connectivity index (χ0n) is 12.9. The molecule has 5 heteroatoms. The van der Waals surface area contributed by atoms with Gasteiger partial charge >= 0.3 is 0 Å². The number of phenolic OH excluding ortho intramolecular Hbond substituents is 1. The first-order chi connectivity index (χ1) is 11.2. The van der Waals surface area contributed by atoms with E-state index >= 15 is 0 Å². The first-order valence-corrected chi connectivity index (χ1v) is 8.55. The molecule has 1 saturated heterocycles. The molecule has 0 spiro atoms. The Bertz CT molecular complexity index is 687. The normalized spacial score (nSPS) is 18.0. The number of benzene rings is 2. The molecule has 0 saturated carbocycles. The average Bonchev–Trinajstić information content (AvgIpc) is 2.58. The molecule has 1 aliphatic rings. The summed E-state index contributed by atoms with van der Waals surface area (Å²) in [5.41, 5.74) is 2.08. The molecule has 2 aromatic carbocycles. The Kier molecular flexibility index (Phi) is 4.76. The summed E-state index contributed by atoms with van der Waals surface area (Å²) in [6, 6.07) is 14.9. The number of hydrogen-bond acceptors (Lipinski definition) is 4. The molecule has 1 atom stereocenters. The van der Waals surface area contributed by atoms with E-state index in [1.165, 1.54) is 0 Å². The van der Waals surface area contributed by atoms with Gasteiger partial charge in [0.05, 0.1) is 7.11 Å². The third-order valence-electron chi connectivity index (χ3n) is 3.86. The molecule has 3 rings (SSSR count). The first kappa shape index (κ1) is 15.7. The topological polar surface area (TPSA) is 49.8 Å². The standard InChI is InChI=1S/C18H19NO3S/c1-22-16-4-2-3-13(11-16)12-19-17(21)9-10-23-18(19)14-5-7-15(20)8-6-14/h2-8,11,18,20H,9-10,12H2,1H3. The van der Waals surface area contributed by atoms with Crippen molar-refractivity contribution in [2.45, 2.75) is 18.3 Å². The number of hydrogen-bond donors (Lipinski definition) is 1. The van der Waals surface area contributed by atoms with Gasteiger partial charge in [0.1, 0.15) is 16.9 Å². The Morgan fingerprint density at radius 3 is 2.78 bits per heavy atom. The highest BCUT2D eigenvalue weighted by atomic mass is 32.2. The second-order valence-corrected chi connectivity index (χ2v) is 6.63. The molecule has 1 unspecified atom stereocenters. The molecule has 0 aromatic heterocycles. The predicted octanol–water partition coefficient (Wildman–Crippen LogP) is 3.57. The summed E-state index contributed by atoms with van der Waals surface area (Å²) in [4.78, 5) is 14.3. The average molecular weight is 329 g/mol. The van der Waals surface area contributed by atoms with Gasteiger partial charge in [-0.2, -0.15) is 0 Å². The molecular weight excluding hydrogens is 310 g/mol. The molecule has 0 bridgehead atoms. The fourth-order valence-corrected chi connectivity index (χ4v) is 3.91. The van der Waals surface area contributed by atoms with Crippen molar-refractivity contribution in [1.29, 1.82) is 0 Å². The number of aromatic hydroxyl groups is 1. The van der Waals surface area contributed by atoms with Crippen molar-refractivity contribution in [3.05, 3.63) is 59.7 Å². The smallest absolute Gasteiger partial charge is 0.224 e. The van der Waals surface area contributed by atoms with E-state index in [0.717, 1.165) is 22.6 Å². The van der Waals surface area contributed by atoms with Gasteiger partial charge in [0.2, 0.25) is 5.91 Å². The summed E-state index contributed by atoms with van der Waals surface area (Å²) in [6.07, 6.45) is 0.559. The lowest BCUT2D eigenvalue weighted by Crippen LogP contribution is -2.36. The summed E-state index contributed by atoms with van der Waals surface area (Å²) >= 11 is 1.76. The van der Waals surface area contributed by atoms with Crippen molar-refractivity contribution < 1.29 is 14.6 Å². The van der Waals surface area contributed by atoms with Crippen LogP contribution < -0.4 is 4.74 Å². The van der Waals surface area contributed by atoms with Crippen LogP contribution in [0.3, 0.4) is 0 Å². The van der Waals surface area contributed by atoms with Crippen molar-refractivity contribution in [3.8, 4) is 11.5 Å². The van der Waals surface area contributed by atoms with E-state index in [9.17, 15) is 9.90 Å². The molecule has 1 amide bonds. The van der Waals surface area contributed by atoms with Crippen LogP contribution in [0.4, 0.5) is 0 Å². The van der Waals surface area contributed by atoms with Crippen molar-refractivity contribution in [2.24, 2.45) is 0 Å². The van der Waals surface area contributed by atoms with Gasteiger partial charge in [-0.05, 0) is 35.4 Å².